The Balaban J connectivity index is 1.66. The van der Waals surface area contributed by atoms with Gasteiger partial charge in [0.1, 0.15) is 0 Å². The SMILES string of the molecule is Cc1cc(CN2CCN(C(=O)OC(C)C)[C@@H](C)C2)c(C)c(Nc2nnc(CC(O)C(F)(F)F)o2)c1. The summed E-state index contributed by atoms with van der Waals surface area (Å²) in [5, 5.41) is 19.5. The van der Waals surface area contributed by atoms with E-state index in [4.69, 9.17) is 9.15 Å². The lowest BCUT2D eigenvalue weighted by Crippen LogP contribution is -2.54. The number of aromatic nitrogens is 2. The molecule has 194 valence electrons. The second-order valence-electron chi connectivity index (χ2n) is 9.19. The molecule has 2 N–H and O–H groups in total. The average molecular weight is 500 g/mol. The first-order chi connectivity index (χ1) is 16.3. The Morgan fingerprint density at radius 2 is 2.00 bits per heavy atom. The molecule has 0 aliphatic carbocycles. The maximum atomic E-state index is 12.6. The molecule has 1 aromatic carbocycles. The van der Waals surface area contributed by atoms with Crippen LogP contribution in [-0.4, -0.2) is 75.3 Å². The monoisotopic (exact) mass is 499 g/mol. The normalized spacial score (nSPS) is 18.1. The highest BCUT2D eigenvalue weighted by atomic mass is 19.4. The molecule has 1 aliphatic heterocycles. The molecule has 2 aromatic rings. The number of carbonyl (C=O) groups excluding carboxylic acids is 1. The third-order valence-corrected chi connectivity index (χ3v) is 5.79. The lowest BCUT2D eigenvalue weighted by atomic mass is 10.0. The Morgan fingerprint density at radius 3 is 2.63 bits per heavy atom. The number of aryl methyl sites for hydroxylation is 1. The van der Waals surface area contributed by atoms with Gasteiger partial charge in [-0.15, -0.1) is 5.10 Å². The Bertz CT molecular complexity index is 1030. The predicted molar refractivity (Wildman–Crippen MR) is 122 cm³/mol. The van der Waals surface area contributed by atoms with Crippen molar-refractivity contribution in [3.63, 3.8) is 0 Å². The highest BCUT2D eigenvalue weighted by Crippen LogP contribution is 2.28. The van der Waals surface area contributed by atoms with E-state index in [-0.39, 0.29) is 30.1 Å². The minimum atomic E-state index is -4.76. The number of hydrogen-bond donors (Lipinski definition) is 2. The quantitative estimate of drug-likeness (QED) is 0.590. The van der Waals surface area contributed by atoms with Crippen molar-refractivity contribution in [1.82, 2.24) is 20.0 Å². The molecule has 1 amide bonds. The summed E-state index contributed by atoms with van der Waals surface area (Å²) < 4.78 is 48.3. The number of aliphatic hydroxyl groups is 1. The number of nitrogens with one attached hydrogen (secondary N) is 1. The van der Waals surface area contributed by atoms with Gasteiger partial charge in [0.15, 0.2) is 6.10 Å². The van der Waals surface area contributed by atoms with Gasteiger partial charge in [0.2, 0.25) is 5.89 Å². The number of anilines is 2. The Morgan fingerprint density at radius 1 is 1.29 bits per heavy atom. The fraction of sp³-hybridized carbons (Fsp3) is 0.609. The summed E-state index contributed by atoms with van der Waals surface area (Å²) in [5.74, 6) is -0.314. The number of rotatable bonds is 7. The van der Waals surface area contributed by atoms with E-state index < -0.39 is 18.7 Å². The Labute approximate surface area is 202 Å². The number of hydrogen-bond acceptors (Lipinski definition) is 8. The van der Waals surface area contributed by atoms with E-state index in [1.165, 1.54) is 0 Å². The zero-order valence-electron chi connectivity index (χ0n) is 20.5. The van der Waals surface area contributed by atoms with Crippen LogP contribution in [0.3, 0.4) is 0 Å². The molecule has 1 unspecified atom stereocenters. The van der Waals surface area contributed by atoms with E-state index in [2.05, 4.69) is 26.5 Å². The number of ether oxygens (including phenoxy) is 1. The van der Waals surface area contributed by atoms with Gasteiger partial charge >= 0.3 is 18.3 Å². The molecule has 1 aliphatic rings. The molecule has 9 nitrogen and oxygen atoms in total. The van der Waals surface area contributed by atoms with Gasteiger partial charge in [0.05, 0.1) is 12.5 Å². The number of carbonyl (C=O) groups is 1. The Hall–Kier alpha value is -2.86. The number of piperazine rings is 1. The Kier molecular flexibility index (Phi) is 8.26. The number of nitrogens with zero attached hydrogens (tertiary/aromatic N) is 4. The van der Waals surface area contributed by atoms with Gasteiger partial charge in [-0.3, -0.25) is 4.90 Å². The van der Waals surface area contributed by atoms with Crippen LogP contribution in [0.2, 0.25) is 0 Å². The van der Waals surface area contributed by atoms with Crippen LogP contribution in [0.5, 0.6) is 0 Å². The van der Waals surface area contributed by atoms with E-state index in [0.29, 0.717) is 31.9 Å². The van der Waals surface area contributed by atoms with Crippen molar-refractivity contribution in [2.45, 2.75) is 72.0 Å². The summed E-state index contributed by atoms with van der Waals surface area (Å²) >= 11 is 0. The molecule has 1 saturated heterocycles. The van der Waals surface area contributed by atoms with Crippen LogP contribution in [0.1, 0.15) is 43.4 Å². The highest BCUT2D eigenvalue weighted by Gasteiger charge is 2.39. The second kappa shape index (κ2) is 10.8. The van der Waals surface area contributed by atoms with Crippen LogP contribution in [0.15, 0.2) is 16.5 Å². The number of aliphatic hydroxyl groups excluding tert-OH is 1. The van der Waals surface area contributed by atoms with Crippen molar-refractivity contribution in [3.8, 4) is 0 Å². The molecule has 3 rings (SSSR count). The molecular formula is C23H32F3N5O4. The van der Waals surface area contributed by atoms with Gasteiger partial charge in [-0.05, 0) is 57.4 Å². The van der Waals surface area contributed by atoms with Gasteiger partial charge in [-0.2, -0.15) is 13.2 Å². The molecule has 2 heterocycles. The molecule has 0 saturated carbocycles. The van der Waals surface area contributed by atoms with Crippen LogP contribution in [0.4, 0.5) is 29.7 Å². The third kappa shape index (κ3) is 7.07. The van der Waals surface area contributed by atoms with E-state index in [1.807, 2.05) is 40.7 Å². The van der Waals surface area contributed by atoms with Crippen LogP contribution in [0.25, 0.3) is 0 Å². The first-order valence-corrected chi connectivity index (χ1v) is 11.5. The largest absolute Gasteiger partial charge is 0.447 e. The standard InChI is InChI=1S/C23H32F3N5O4/c1-13(2)34-22(33)31-7-6-30(11-15(31)4)12-17-8-14(3)9-18(16(17)5)27-21-29-28-20(35-21)10-19(32)23(24,25)26/h8-9,13,15,19,32H,6-7,10-12H2,1-5H3,(H,27,29)/t15-,19?/m0/s1. The summed E-state index contributed by atoms with van der Waals surface area (Å²) in [6.45, 7) is 12.1. The first-order valence-electron chi connectivity index (χ1n) is 11.5. The van der Waals surface area contributed by atoms with Gasteiger partial charge < -0.3 is 24.5 Å². The van der Waals surface area contributed by atoms with Gasteiger partial charge in [-0.25, -0.2) is 4.79 Å². The number of alkyl halides is 3. The summed E-state index contributed by atoms with van der Waals surface area (Å²) in [7, 11) is 0. The zero-order valence-corrected chi connectivity index (χ0v) is 20.5. The number of benzene rings is 1. The van der Waals surface area contributed by atoms with Crippen LogP contribution in [0, 0.1) is 13.8 Å². The highest BCUT2D eigenvalue weighted by molar-refractivity contribution is 5.68. The lowest BCUT2D eigenvalue weighted by Gasteiger charge is -2.39. The summed E-state index contributed by atoms with van der Waals surface area (Å²) in [5.41, 5.74) is 3.66. The number of halogens is 3. The van der Waals surface area contributed by atoms with Crippen LogP contribution in [-0.2, 0) is 17.7 Å². The fourth-order valence-electron chi connectivity index (χ4n) is 3.97. The molecule has 0 bridgehead atoms. The summed E-state index contributed by atoms with van der Waals surface area (Å²) in [6.07, 6.45) is -8.61. The lowest BCUT2D eigenvalue weighted by molar-refractivity contribution is -0.204. The summed E-state index contributed by atoms with van der Waals surface area (Å²) in [6, 6.07) is 3.90. The summed E-state index contributed by atoms with van der Waals surface area (Å²) in [4.78, 5) is 16.3. The van der Waals surface area contributed by atoms with Crippen molar-refractivity contribution in [2.75, 3.05) is 25.0 Å². The van der Waals surface area contributed by atoms with Crippen LogP contribution < -0.4 is 5.32 Å². The third-order valence-electron chi connectivity index (χ3n) is 5.79. The second-order valence-corrected chi connectivity index (χ2v) is 9.19. The molecule has 0 spiro atoms. The average Bonchev–Trinajstić information content (AvgIpc) is 3.17. The van der Waals surface area contributed by atoms with E-state index in [0.717, 1.165) is 16.7 Å². The molecule has 0 radical (unpaired) electrons. The van der Waals surface area contributed by atoms with Crippen molar-refractivity contribution in [3.05, 3.63) is 34.7 Å². The van der Waals surface area contributed by atoms with E-state index >= 15 is 0 Å². The molecule has 12 heteroatoms. The number of amides is 1. The smallest absolute Gasteiger partial charge is 0.414 e. The minimum absolute atomic E-state index is 0.00146. The van der Waals surface area contributed by atoms with Gasteiger partial charge in [0, 0.05) is 37.9 Å². The molecular weight excluding hydrogens is 467 g/mol. The van der Waals surface area contributed by atoms with Crippen molar-refractivity contribution >= 4 is 17.8 Å². The molecule has 2 atom stereocenters. The first kappa shape index (κ1) is 26.7. The van der Waals surface area contributed by atoms with Crippen LogP contribution >= 0.6 is 0 Å². The van der Waals surface area contributed by atoms with Gasteiger partial charge in [-0.1, -0.05) is 11.2 Å². The molecule has 35 heavy (non-hydrogen) atoms. The van der Waals surface area contributed by atoms with E-state index in [9.17, 15) is 23.1 Å². The molecule has 1 fully saturated rings. The van der Waals surface area contributed by atoms with Crippen molar-refractivity contribution in [2.24, 2.45) is 0 Å². The minimum Gasteiger partial charge on any atom is -0.447 e. The van der Waals surface area contributed by atoms with Crippen molar-refractivity contribution in [1.29, 1.82) is 0 Å². The maximum Gasteiger partial charge on any atom is 0.414 e. The van der Waals surface area contributed by atoms with E-state index in [1.54, 1.807) is 4.90 Å². The zero-order chi connectivity index (χ0) is 25.9. The van der Waals surface area contributed by atoms with Gasteiger partial charge in [0.25, 0.3) is 0 Å². The molecule has 1 aromatic heterocycles. The topological polar surface area (TPSA) is 104 Å². The predicted octanol–water partition coefficient (Wildman–Crippen LogP) is 3.95. The fourth-order valence-corrected chi connectivity index (χ4v) is 3.97. The van der Waals surface area contributed by atoms with Crippen molar-refractivity contribution < 1.29 is 32.2 Å². The maximum absolute atomic E-state index is 12.6.